The molecule has 1 heterocycles. The Kier molecular flexibility index (Phi) is 3.36. The van der Waals surface area contributed by atoms with Gasteiger partial charge in [0.15, 0.2) is 0 Å². The van der Waals surface area contributed by atoms with E-state index in [2.05, 4.69) is 23.9 Å². The van der Waals surface area contributed by atoms with Gasteiger partial charge in [-0.3, -0.25) is 0 Å². The van der Waals surface area contributed by atoms with E-state index in [4.69, 9.17) is 17.3 Å². The minimum absolute atomic E-state index is 0.458. The topological polar surface area (TPSA) is 42.1 Å². The zero-order valence-corrected chi connectivity index (χ0v) is 10.5. The van der Waals surface area contributed by atoms with Crippen LogP contribution in [-0.4, -0.2) is 18.1 Å². The first-order valence-electron chi connectivity index (χ1n) is 5.70. The molecule has 88 valence electrons. The molecule has 4 heteroatoms. The number of anilines is 1. The van der Waals surface area contributed by atoms with Gasteiger partial charge in [0.2, 0.25) is 0 Å². The predicted molar refractivity (Wildman–Crippen MR) is 67.7 cm³/mol. The van der Waals surface area contributed by atoms with Crippen LogP contribution >= 0.6 is 11.6 Å². The Morgan fingerprint density at radius 2 is 2.31 bits per heavy atom. The second-order valence-electron chi connectivity index (χ2n) is 4.53. The molecule has 16 heavy (non-hydrogen) atoms. The normalized spacial score (nSPS) is 17.2. The van der Waals surface area contributed by atoms with Crippen molar-refractivity contribution in [1.82, 2.24) is 4.98 Å². The van der Waals surface area contributed by atoms with Crippen molar-refractivity contribution in [2.45, 2.75) is 32.4 Å². The van der Waals surface area contributed by atoms with Crippen LogP contribution in [0.15, 0.2) is 12.3 Å². The Morgan fingerprint density at radius 1 is 1.62 bits per heavy atom. The summed E-state index contributed by atoms with van der Waals surface area (Å²) in [6.07, 6.45) is 4.36. The molecule has 1 atom stereocenters. The van der Waals surface area contributed by atoms with Gasteiger partial charge in [0.25, 0.3) is 0 Å². The minimum atomic E-state index is 0.458. The Bertz CT molecular complexity index is 377. The third-order valence-electron chi connectivity index (χ3n) is 3.42. The maximum Gasteiger partial charge on any atom is 0.128 e. The van der Waals surface area contributed by atoms with Crippen LogP contribution in [0.4, 0.5) is 5.82 Å². The second-order valence-corrected chi connectivity index (χ2v) is 4.93. The highest BCUT2D eigenvalue weighted by atomic mass is 35.5. The summed E-state index contributed by atoms with van der Waals surface area (Å²) >= 11 is 5.99. The average molecular weight is 240 g/mol. The molecule has 0 saturated heterocycles. The molecule has 0 aliphatic heterocycles. The van der Waals surface area contributed by atoms with Crippen LogP contribution < -0.4 is 10.6 Å². The van der Waals surface area contributed by atoms with E-state index in [1.807, 2.05) is 6.07 Å². The highest BCUT2D eigenvalue weighted by Gasteiger charge is 2.31. The van der Waals surface area contributed by atoms with Crippen LogP contribution in [0.2, 0.25) is 5.02 Å². The molecule has 0 spiro atoms. The van der Waals surface area contributed by atoms with Gasteiger partial charge in [-0.2, -0.15) is 0 Å². The van der Waals surface area contributed by atoms with Crippen molar-refractivity contribution >= 4 is 17.4 Å². The van der Waals surface area contributed by atoms with Crippen molar-refractivity contribution in [3.8, 4) is 0 Å². The Morgan fingerprint density at radius 3 is 2.88 bits per heavy atom. The zero-order chi connectivity index (χ0) is 11.7. The van der Waals surface area contributed by atoms with Gasteiger partial charge in [-0.15, -0.1) is 0 Å². The number of nitrogens with zero attached hydrogens (tertiary/aromatic N) is 2. The fourth-order valence-corrected chi connectivity index (χ4v) is 2.10. The van der Waals surface area contributed by atoms with E-state index in [0.29, 0.717) is 17.6 Å². The van der Waals surface area contributed by atoms with Crippen molar-refractivity contribution in [2.75, 3.05) is 11.9 Å². The lowest BCUT2D eigenvalue weighted by molar-refractivity contribution is 0.603. The quantitative estimate of drug-likeness (QED) is 0.878. The van der Waals surface area contributed by atoms with Gasteiger partial charge in [0.05, 0.1) is 5.02 Å². The second kappa shape index (κ2) is 4.60. The van der Waals surface area contributed by atoms with Crippen molar-refractivity contribution in [1.29, 1.82) is 0 Å². The van der Waals surface area contributed by atoms with Gasteiger partial charge in [-0.05, 0) is 37.3 Å². The molecule has 3 nitrogen and oxygen atoms in total. The molecule has 1 saturated carbocycles. The van der Waals surface area contributed by atoms with Gasteiger partial charge in [-0.1, -0.05) is 11.6 Å². The fourth-order valence-electron chi connectivity index (χ4n) is 1.92. The molecule has 1 unspecified atom stereocenters. The van der Waals surface area contributed by atoms with Crippen LogP contribution in [0, 0.1) is 5.92 Å². The van der Waals surface area contributed by atoms with Crippen LogP contribution in [0.5, 0.6) is 0 Å². The van der Waals surface area contributed by atoms with Crippen LogP contribution in [0.3, 0.4) is 0 Å². The van der Waals surface area contributed by atoms with Crippen LogP contribution in [0.1, 0.15) is 25.3 Å². The van der Waals surface area contributed by atoms with Gasteiger partial charge in [-0.25, -0.2) is 4.98 Å². The summed E-state index contributed by atoms with van der Waals surface area (Å²) in [5, 5.41) is 0.652. The molecule has 0 radical (unpaired) electrons. The van der Waals surface area contributed by atoms with E-state index in [1.165, 1.54) is 12.8 Å². The lowest BCUT2D eigenvalue weighted by atomic mass is 10.2. The molecular formula is C12H18ClN3. The number of rotatable bonds is 4. The molecule has 0 amide bonds. The lowest BCUT2D eigenvalue weighted by Crippen LogP contribution is -2.31. The smallest absolute Gasteiger partial charge is 0.128 e. The summed E-state index contributed by atoms with van der Waals surface area (Å²) in [5.41, 5.74) is 6.60. The van der Waals surface area contributed by atoms with Gasteiger partial charge >= 0.3 is 0 Å². The molecule has 1 aromatic heterocycles. The molecule has 0 bridgehead atoms. The molecule has 1 aliphatic carbocycles. The van der Waals surface area contributed by atoms with Crippen molar-refractivity contribution < 1.29 is 0 Å². The summed E-state index contributed by atoms with van der Waals surface area (Å²) in [6.45, 7) is 2.70. The maximum atomic E-state index is 5.99. The molecule has 1 aliphatic rings. The zero-order valence-electron chi connectivity index (χ0n) is 9.78. The molecule has 2 rings (SSSR count). The summed E-state index contributed by atoms with van der Waals surface area (Å²) < 4.78 is 0. The highest BCUT2D eigenvalue weighted by molar-refractivity contribution is 6.31. The lowest BCUT2D eigenvalue weighted by Gasteiger charge is -2.26. The molecule has 2 N–H and O–H groups in total. The van der Waals surface area contributed by atoms with Crippen molar-refractivity contribution in [3.05, 3.63) is 22.8 Å². The van der Waals surface area contributed by atoms with E-state index < -0.39 is 0 Å². The van der Waals surface area contributed by atoms with Gasteiger partial charge in [0, 0.05) is 25.8 Å². The average Bonchev–Trinajstić information content (AvgIpc) is 3.11. The number of aromatic nitrogens is 1. The maximum absolute atomic E-state index is 5.99. The Labute approximate surface area is 102 Å². The van der Waals surface area contributed by atoms with Crippen LogP contribution in [0.25, 0.3) is 0 Å². The number of pyridine rings is 1. The Balaban J connectivity index is 2.18. The van der Waals surface area contributed by atoms with Gasteiger partial charge in [0.1, 0.15) is 5.82 Å². The van der Waals surface area contributed by atoms with E-state index in [1.54, 1.807) is 6.20 Å². The van der Waals surface area contributed by atoms with E-state index in [9.17, 15) is 0 Å². The minimum Gasteiger partial charge on any atom is -0.357 e. The number of hydrogen-bond acceptors (Lipinski definition) is 3. The largest absolute Gasteiger partial charge is 0.357 e. The molecular weight excluding hydrogens is 222 g/mol. The molecule has 0 aromatic carbocycles. The van der Waals surface area contributed by atoms with Crippen LogP contribution in [-0.2, 0) is 6.54 Å². The summed E-state index contributed by atoms with van der Waals surface area (Å²) in [7, 11) is 2.08. The number of nitrogens with two attached hydrogens (primary N) is 1. The summed E-state index contributed by atoms with van der Waals surface area (Å²) in [4.78, 5) is 6.57. The SMILES string of the molecule is CC(C1CC1)N(C)c1cc(CN)c(Cl)cn1. The van der Waals surface area contributed by atoms with E-state index >= 15 is 0 Å². The fraction of sp³-hybridized carbons (Fsp3) is 0.583. The first-order valence-corrected chi connectivity index (χ1v) is 6.08. The monoisotopic (exact) mass is 239 g/mol. The van der Waals surface area contributed by atoms with Gasteiger partial charge < -0.3 is 10.6 Å². The van der Waals surface area contributed by atoms with E-state index in [0.717, 1.165) is 17.3 Å². The number of hydrogen-bond donors (Lipinski definition) is 1. The summed E-state index contributed by atoms with van der Waals surface area (Å²) in [6, 6.07) is 2.53. The van der Waals surface area contributed by atoms with Crippen molar-refractivity contribution in [3.63, 3.8) is 0 Å². The third-order valence-corrected chi connectivity index (χ3v) is 3.76. The molecule has 1 aromatic rings. The summed E-state index contributed by atoms with van der Waals surface area (Å²) in [5.74, 6) is 1.79. The first-order chi connectivity index (χ1) is 7.63. The van der Waals surface area contributed by atoms with Crippen molar-refractivity contribution in [2.24, 2.45) is 11.7 Å². The number of halogens is 1. The highest BCUT2D eigenvalue weighted by Crippen LogP contribution is 2.36. The third kappa shape index (κ3) is 2.30. The first kappa shape index (κ1) is 11.7. The Hall–Kier alpha value is -0.800. The molecule has 1 fully saturated rings. The standard InChI is InChI=1S/C12H18ClN3/c1-8(9-3-4-9)16(2)12-5-10(6-14)11(13)7-15-12/h5,7-9H,3-4,6,14H2,1-2H3. The predicted octanol–water partition coefficient (Wildman–Crippen LogP) is 2.43. The van der Waals surface area contributed by atoms with E-state index in [-0.39, 0.29) is 0 Å².